The number of rotatable bonds is 3. The Labute approximate surface area is 235 Å². The molecule has 2 aromatic carbocycles. The molecule has 0 spiro atoms. The van der Waals surface area contributed by atoms with Gasteiger partial charge in [-0.25, -0.2) is 0 Å². The van der Waals surface area contributed by atoms with Crippen LogP contribution in [0.4, 0.5) is 32.0 Å². The highest BCUT2D eigenvalue weighted by Gasteiger charge is 2.38. The van der Waals surface area contributed by atoms with E-state index < -0.39 is 35.0 Å². The van der Waals surface area contributed by atoms with Crippen LogP contribution in [0.3, 0.4) is 0 Å². The number of anilines is 1. The summed E-state index contributed by atoms with van der Waals surface area (Å²) in [4.78, 5) is 16.4. The smallest absolute Gasteiger partial charge is 0.349 e. The molecule has 2 fully saturated rings. The zero-order valence-corrected chi connectivity index (χ0v) is 23.2. The summed E-state index contributed by atoms with van der Waals surface area (Å²) >= 11 is 7.82. The van der Waals surface area contributed by atoms with Crippen molar-refractivity contribution in [2.45, 2.75) is 38.0 Å². The Morgan fingerprint density at radius 3 is 1.79 bits per heavy atom. The van der Waals surface area contributed by atoms with Gasteiger partial charge in [-0.15, -0.1) is 0 Å². The second-order valence-corrected chi connectivity index (χ2v) is 11.3. The molecular formula is C26H26F6IN3OS. The van der Waals surface area contributed by atoms with E-state index in [1.165, 1.54) is 4.90 Å². The van der Waals surface area contributed by atoms with Crippen LogP contribution in [-0.2, 0) is 12.4 Å². The summed E-state index contributed by atoms with van der Waals surface area (Å²) in [5.74, 6) is -0.0399. The van der Waals surface area contributed by atoms with Gasteiger partial charge in [-0.3, -0.25) is 4.79 Å². The molecule has 0 unspecified atom stereocenters. The lowest BCUT2D eigenvalue weighted by atomic mass is 9.79. The predicted octanol–water partition coefficient (Wildman–Crippen LogP) is 7.29. The molecule has 12 heteroatoms. The molecule has 2 aromatic rings. The largest absolute Gasteiger partial charge is 0.416 e. The van der Waals surface area contributed by atoms with Gasteiger partial charge >= 0.3 is 12.4 Å². The lowest BCUT2D eigenvalue weighted by Gasteiger charge is -2.41. The van der Waals surface area contributed by atoms with E-state index >= 15 is 0 Å². The normalized spacial score (nSPS) is 18.0. The van der Waals surface area contributed by atoms with Crippen LogP contribution in [0.5, 0.6) is 0 Å². The first kappa shape index (κ1) is 28.9. The van der Waals surface area contributed by atoms with E-state index in [4.69, 9.17) is 12.2 Å². The number of hydrogen-bond acceptors (Lipinski definition) is 2. The maximum absolute atomic E-state index is 13.2. The molecular weight excluding hydrogens is 643 g/mol. The Balaban J connectivity index is 1.32. The van der Waals surface area contributed by atoms with Crippen molar-refractivity contribution in [3.63, 3.8) is 0 Å². The van der Waals surface area contributed by atoms with Crippen LogP contribution in [0.25, 0.3) is 0 Å². The third-order valence-electron chi connectivity index (χ3n) is 7.23. The van der Waals surface area contributed by atoms with Gasteiger partial charge in [-0.05, 0) is 109 Å². The number of benzene rings is 2. The van der Waals surface area contributed by atoms with Crippen LogP contribution < -0.4 is 5.32 Å². The van der Waals surface area contributed by atoms with Crippen molar-refractivity contribution in [3.05, 3.63) is 62.7 Å². The van der Waals surface area contributed by atoms with Crippen LogP contribution in [0, 0.1) is 15.4 Å². The highest BCUT2D eigenvalue weighted by atomic mass is 127. The van der Waals surface area contributed by atoms with E-state index in [0.717, 1.165) is 35.2 Å². The quantitative estimate of drug-likeness (QED) is 0.212. The molecule has 0 atom stereocenters. The number of carbonyl (C=O) groups excluding carboxylic acids is 1. The maximum Gasteiger partial charge on any atom is 0.416 e. The van der Waals surface area contributed by atoms with Crippen LogP contribution in [0.15, 0.2) is 42.5 Å². The molecule has 4 rings (SSSR count). The first-order valence-corrected chi connectivity index (χ1v) is 13.7. The molecule has 0 bridgehead atoms. The third kappa shape index (κ3) is 7.10. The van der Waals surface area contributed by atoms with Gasteiger partial charge in [0.15, 0.2) is 5.11 Å². The number of hydrogen-bond donors (Lipinski definition) is 1. The van der Waals surface area contributed by atoms with Crippen molar-refractivity contribution in [2.24, 2.45) is 11.8 Å². The summed E-state index contributed by atoms with van der Waals surface area (Å²) in [6, 6.07) is 8.98. The molecule has 0 aromatic heterocycles. The SMILES string of the molecule is O=C(c1cc(C(F)(F)F)cc(C(F)(F)F)c1)N1CCC(C2CCN(C(=S)Nc3cccc(I)c3)CC2)CC1. The molecule has 0 aliphatic carbocycles. The monoisotopic (exact) mass is 669 g/mol. The zero-order chi connectivity index (χ0) is 27.7. The van der Waals surface area contributed by atoms with Crippen LogP contribution >= 0.6 is 34.8 Å². The minimum absolute atomic E-state index is 0.0388. The van der Waals surface area contributed by atoms with Gasteiger partial charge < -0.3 is 15.1 Å². The van der Waals surface area contributed by atoms with Crippen molar-refractivity contribution in [1.82, 2.24) is 9.80 Å². The first-order chi connectivity index (χ1) is 17.8. The van der Waals surface area contributed by atoms with Gasteiger partial charge in [0.2, 0.25) is 0 Å². The number of nitrogens with zero attached hydrogens (tertiary/aromatic N) is 2. The van der Waals surface area contributed by atoms with Crippen molar-refractivity contribution >= 4 is 51.5 Å². The number of thiocarbonyl (C=S) groups is 1. The molecule has 4 nitrogen and oxygen atoms in total. The van der Waals surface area contributed by atoms with Gasteiger partial charge in [0, 0.05) is 41.0 Å². The number of amides is 1. The van der Waals surface area contributed by atoms with Crippen molar-refractivity contribution in [1.29, 1.82) is 0 Å². The Morgan fingerprint density at radius 1 is 0.816 bits per heavy atom. The lowest BCUT2D eigenvalue weighted by molar-refractivity contribution is -0.143. The molecule has 2 saturated heterocycles. The number of carbonyl (C=O) groups is 1. The van der Waals surface area contributed by atoms with Crippen molar-refractivity contribution < 1.29 is 31.1 Å². The fourth-order valence-corrected chi connectivity index (χ4v) is 6.02. The minimum Gasteiger partial charge on any atom is -0.349 e. The van der Waals surface area contributed by atoms with E-state index in [1.54, 1.807) is 0 Å². The van der Waals surface area contributed by atoms with Gasteiger partial charge in [0.1, 0.15) is 0 Å². The maximum atomic E-state index is 13.2. The molecule has 2 aliphatic rings. The Morgan fingerprint density at radius 2 is 1.32 bits per heavy atom. The highest BCUT2D eigenvalue weighted by Crippen LogP contribution is 2.37. The molecule has 206 valence electrons. The molecule has 0 saturated carbocycles. The minimum atomic E-state index is -4.99. The standard InChI is InChI=1S/C26H26F6IN3OS/c27-25(28,29)19-12-18(13-20(14-19)26(30,31)32)23(37)35-8-4-16(5-9-35)17-6-10-36(11-7-17)24(38)34-22-3-1-2-21(33)15-22/h1-3,12-17H,4-11H2,(H,34,38). The summed E-state index contributed by atoms with van der Waals surface area (Å²) in [5, 5.41) is 3.95. The number of halogens is 7. The van der Waals surface area contributed by atoms with Gasteiger partial charge in [-0.2, -0.15) is 26.3 Å². The lowest BCUT2D eigenvalue weighted by Crippen LogP contribution is -2.45. The molecule has 38 heavy (non-hydrogen) atoms. The van der Waals surface area contributed by atoms with E-state index in [0.29, 0.717) is 55.0 Å². The van der Waals surface area contributed by atoms with Crippen molar-refractivity contribution in [3.8, 4) is 0 Å². The summed E-state index contributed by atoms with van der Waals surface area (Å²) in [5.41, 5.74) is -2.62. The van der Waals surface area contributed by atoms with E-state index in [1.807, 2.05) is 24.3 Å². The van der Waals surface area contributed by atoms with E-state index in [2.05, 4.69) is 32.8 Å². The average molecular weight is 669 g/mol. The Hall–Kier alpha value is -2.09. The summed E-state index contributed by atoms with van der Waals surface area (Å²) < 4.78 is 80.3. The van der Waals surface area contributed by atoms with Crippen LogP contribution in [0.1, 0.15) is 47.2 Å². The Bertz CT molecular complexity index is 1140. The molecule has 1 amide bonds. The van der Waals surface area contributed by atoms with Crippen LogP contribution in [0.2, 0.25) is 0 Å². The van der Waals surface area contributed by atoms with E-state index in [-0.39, 0.29) is 6.07 Å². The second kappa shape index (κ2) is 11.6. The van der Waals surface area contributed by atoms with Gasteiger partial charge in [0.05, 0.1) is 11.1 Å². The fourth-order valence-electron chi connectivity index (χ4n) is 5.18. The highest BCUT2D eigenvalue weighted by molar-refractivity contribution is 14.1. The van der Waals surface area contributed by atoms with E-state index in [9.17, 15) is 31.1 Å². The van der Waals surface area contributed by atoms with Crippen LogP contribution in [-0.4, -0.2) is 47.0 Å². The summed E-state index contributed by atoms with van der Waals surface area (Å²) in [6.45, 7) is 2.19. The number of nitrogens with one attached hydrogen (secondary N) is 1. The topological polar surface area (TPSA) is 35.6 Å². The number of piperidine rings is 2. The predicted molar refractivity (Wildman–Crippen MR) is 145 cm³/mol. The summed E-state index contributed by atoms with van der Waals surface area (Å²) in [6.07, 6.45) is -6.81. The van der Waals surface area contributed by atoms with Gasteiger partial charge in [-0.1, -0.05) is 6.07 Å². The molecule has 2 aliphatic heterocycles. The average Bonchev–Trinajstić information content (AvgIpc) is 2.87. The Kier molecular flexibility index (Phi) is 8.80. The zero-order valence-electron chi connectivity index (χ0n) is 20.2. The fraction of sp³-hybridized carbons (Fsp3) is 0.462. The second-order valence-electron chi connectivity index (χ2n) is 9.69. The number of likely N-dealkylation sites (tertiary alicyclic amines) is 2. The molecule has 0 radical (unpaired) electrons. The third-order valence-corrected chi connectivity index (χ3v) is 8.26. The number of alkyl halides is 6. The van der Waals surface area contributed by atoms with Gasteiger partial charge in [0.25, 0.3) is 5.91 Å². The molecule has 2 heterocycles. The molecule has 1 N–H and O–H groups in total. The summed E-state index contributed by atoms with van der Waals surface area (Å²) in [7, 11) is 0. The van der Waals surface area contributed by atoms with Crippen molar-refractivity contribution in [2.75, 3.05) is 31.5 Å². The first-order valence-electron chi connectivity index (χ1n) is 12.2.